The fraction of sp³-hybridized carbons (Fsp3) is 0.333. The zero-order valence-corrected chi connectivity index (χ0v) is 10.6. The molecule has 0 saturated carbocycles. The van der Waals surface area contributed by atoms with Gasteiger partial charge in [0.05, 0.1) is 26.9 Å². The topological polar surface area (TPSA) is 82.1 Å². The fourth-order valence-electron chi connectivity index (χ4n) is 1.68. The maximum Gasteiger partial charge on any atom is 0.340 e. The average molecular weight is 254 g/mol. The molecular formula is C12H14O6. The van der Waals surface area contributed by atoms with Gasteiger partial charge in [-0.1, -0.05) is 0 Å². The van der Waals surface area contributed by atoms with E-state index in [0.717, 1.165) is 0 Å². The fourth-order valence-corrected chi connectivity index (χ4v) is 1.68. The summed E-state index contributed by atoms with van der Waals surface area (Å²) >= 11 is 0. The van der Waals surface area contributed by atoms with Gasteiger partial charge in [0.1, 0.15) is 17.1 Å². The zero-order chi connectivity index (χ0) is 13.9. The third kappa shape index (κ3) is 2.22. The second kappa shape index (κ2) is 5.39. The number of esters is 1. The molecule has 0 amide bonds. The minimum Gasteiger partial charge on any atom is -0.496 e. The van der Waals surface area contributed by atoms with Crippen molar-refractivity contribution in [3.8, 4) is 11.5 Å². The van der Waals surface area contributed by atoms with Gasteiger partial charge in [-0.25, -0.2) is 9.59 Å². The summed E-state index contributed by atoms with van der Waals surface area (Å²) in [7, 11) is 3.92. The average Bonchev–Trinajstić information content (AvgIpc) is 2.36. The Hall–Kier alpha value is -2.24. The lowest BCUT2D eigenvalue weighted by Gasteiger charge is -2.15. The van der Waals surface area contributed by atoms with Gasteiger partial charge in [-0.3, -0.25) is 0 Å². The molecule has 0 aliphatic carbocycles. The lowest BCUT2D eigenvalue weighted by molar-refractivity contribution is 0.0580. The van der Waals surface area contributed by atoms with Gasteiger partial charge in [-0.2, -0.15) is 0 Å². The lowest BCUT2D eigenvalue weighted by atomic mass is 10.0. The number of rotatable bonds is 4. The molecule has 18 heavy (non-hydrogen) atoms. The standard InChI is InChI=1S/C12H14O6/c1-6-8(16-2)5-7(12(15)18-4)9(11(13)14)10(6)17-3/h5H,1-4H3,(H,13,14). The number of carboxylic acids is 1. The van der Waals surface area contributed by atoms with Crippen molar-refractivity contribution in [2.24, 2.45) is 0 Å². The van der Waals surface area contributed by atoms with E-state index in [2.05, 4.69) is 4.74 Å². The Morgan fingerprint density at radius 3 is 2.17 bits per heavy atom. The summed E-state index contributed by atoms with van der Waals surface area (Å²) < 4.78 is 14.7. The SMILES string of the molecule is COC(=O)c1cc(OC)c(C)c(OC)c1C(=O)O. The van der Waals surface area contributed by atoms with Crippen molar-refractivity contribution in [1.82, 2.24) is 0 Å². The van der Waals surface area contributed by atoms with E-state index in [4.69, 9.17) is 9.47 Å². The molecule has 0 bridgehead atoms. The first-order chi connectivity index (χ1) is 8.47. The summed E-state index contributed by atoms with van der Waals surface area (Å²) in [5, 5.41) is 9.18. The number of carbonyl (C=O) groups excluding carboxylic acids is 1. The van der Waals surface area contributed by atoms with Crippen LogP contribution in [0.1, 0.15) is 26.3 Å². The molecule has 1 rings (SSSR count). The van der Waals surface area contributed by atoms with Gasteiger partial charge in [0.2, 0.25) is 0 Å². The van der Waals surface area contributed by atoms with Crippen LogP contribution in [0.25, 0.3) is 0 Å². The molecule has 0 saturated heterocycles. The van der Waals surface area contributed by atoms with Crippen LogP contribution >= 0.6 is 0 Å². The number of methoxy groups -OCH3 is 3. The maximum atomic E-state index is 11.6. The van der Waals surface area contributed by atoms with Crippen molar-refractivity contribution in [3.63, 3.8) is 0 Å². The first kappa shape index (κ1) is 13.8. The Kier molecular flexibility index (Phi) is 4.14. The van der Waals surface area contributed by atoms with Crippen molar-refractivity contribution in [2.45, 2.75) is 6.92 Å². The normalized spacial score (nSPS) is 9.78. The Labute approximate surface area is 104 Å². The van der Waals surface area contributed by atoms with E-state index in [0.29, 0.717) is 11.3 Å². The summed E-state index contributed by atoms with van der Waals surface area (Å²) in [6.07, 6.45) is 0. The summed E-state index contributed by atoms with van der Waals surface area (Å²) in [6, 6.07) is 1.33. The first-order valence-corrected chi connectivity index (χ1v) is 5.05. The number of carbonyl (C=O) groups is 2. The summed E-state index contributed by atoms with van der Waals surface area (Å²) in [4.78, 5) is 22.8. The van der Waals surface area contributed by atoms with Gasteiger partial charge in [0, 0.05) is 5.56 Å². The Balaban J connectivity index is 3.67. The molecule has 0 aliphatic heterocycles. The van der Waals surface area contributed by atoms with Crippen molar-refractivity contribution in [3.05, 3.63) is 22.8 Å². The highest BCUT2D eigenvalue weighted by Crippen LogP contribution is 2.34. The number of hydrogen-bond acceptors (Lipinski definition) is 5. The zero-order valence-electron chi connectivity index (χ0n) is 10.6. The number of hydrogen-bond donors (Lipinski definition) is 1. The smallest absolute Gasteiger partial charge is 0.340 e. The molecule has 0 radical (unpaired) electrons. The Bertz CT molecular complexity index is 492. The molecule has 0 atom stereocenters. The molecule has 1 N–H and O–H groups in total. The minimum atomic E-state index is -1.27. The van der Waals surface area contributed by atoms with Gasteiger partial charge in [-0.15, -0.1) is 0 Å². The third-order valence-corrected chi connectivity index (χ3v) is 2.53. The highest BCUT2D eigenvalue weighted by atomic mass is 16.5. The first-order valence-electron chi connectivity index (χ1n) is 5.05. The van der Waals surface area contributed by atoms with Crippen molar-refractivity contribution in [2.75, 3.05) is 21.3 Å². The molecule has 0 aliphatic rings. The largest absolute Gasteiger partial charge is 0.496 e. The molecule has 1 aromatic rings. The van der Waals surface area contributed by atoms with Crippen LogP contribution in [0, 0.1) is 6.92 Å². The minimum absolute atomic E-state index is 0.0854. The summed E-state index contributed by atoms with van der Waals surface area (Å²) in [6.45, 7) is 1.64. The van der Waals surface area contributed by atoms with Crippen LogP contribution in [0.15, 0.2) is 6.07 Å². The quantitative estimate of drug-likeness (QED) is 0.820. The highest BCUT2D eigenvalue weighted by Gasteiger charge is 2.26. The van der Waals surface area contributed by atoms with Crippen LogP contribution in [0.5, 0.6) is 11.5 Å². The number of carboxylic acid groups (broad SMARTS) is 1. The Morgan fingerprint density at radius 2 is 1.78 bits per heavy atom. The van der Waals surface area contributed by atoms with Crippen LogP contribution in [0.2, 0.25) is 0 Å². The second-order valence-electron chi connectivity index (χ2n) is 3.46. The van der Waals surface area contributed by atoms with E-state index in [1.165, 1.54) is 27.4 Å². The van der Waals surface area contributed by atoms with Crippen LogP contribution in [-0.2, 0) is 4.74 Å². The predicted molar refractivity (Wildman–Crippen MR) is 62.6 cm³/mol. The summed E-state index contributed by atoms with van der Waals surface area (Å²) in [5.41, 5.74) is 0.164. The molecule has 0 unspecified atom stereocenters. The van der Waals surface area contributed by atoms with Gasteiger partial charge in [0.25, 0.3) is 0 Å². The monoisotopic (exact) mass is 254 g/mol. The van der Waals surface area contributed by atoms with Crippen molar-refractivity contribution >= 4 is 11.9 Å². The van der Waals surface area contributed by atoms with E-state index < -0.39 is 11.9 Å². The van der Waals surface area contributed by atoms with E-state index in [1.54, 1.807) is 6.92 Å². The molecule has 98 valence electrons. The molecule has 6 heteroatoms. The third-order valence-electron chi connectivity index (χ3n) is 2.53. The molecule has 6 nitrogen and oxygen atoms in total. The van der Waals surface area contributed by atoms with E-state index in [1.807, 2.05) is 0 Å². The van der Waals surface area contributed by atoms with E-state index in [9.17, 15) is 14.7 Å². The van der Waals surface area contributed by atoms with Crippen molar-refractivity contribution in [1.29, 1.82) is 0 Å². The van der Waals surface area contributed by atoms with Gasteiger partial charge >= 0.3 is 11.9 Å². The van der Waals surface area contributed by atoms with Gasteiger partial charge in [-0.05, 0) is 13.0 Å². The molecule has 1 aromatic carbocycles. The predicted octanol–water partition coefficient (Wildman–Crippen LogP) is 1.50. The molecule has 0 heterocycles. The number of benzene rings is 1. The lowest BCUT2D eigenvalue weighted by Crippen LogP contribution is -2.13. The van der Waals surface area contributed by atoms with Crippen LogP contribution in [-0.4, -0.2) is 38.4 Å². The summed E-state index contributed by atoms with van der Waals surface area (Å²) in [5.74, 6) is -1.58. The van der Waals surface area contributed by atoms with E-state index >= 15 is 0 Å². The Morgan fingerprint density at radius 1 is 1.17 bits per heavy atom. The molecular weight excluding hydrogens is 240 g/mol. The molecule has 0 spiro atoms. The van der Waals surface area contributed by atoms with Gasteiger partial charge in [0.15, 0.2) is 0 Å². The molecule has 0 aromatic heterocycles. The van der Waals surface area contributed by atoms with Crippen LogP contribution in [0.3, 0.4) is 0 Å². The van der Waals surface area contributed by atoms with Gasteiger partial charge < -0.3 is 19.3 Å². The number of aromatic carboxylic acids is 1. The van der Waals surface area contributed by atoms with Crippen LogP contribution in [0.4, 0.5) is 0 Å². The number of ether oxygens (including phenoxy) is 3. The van der Waals surface area contributed by atoms with E-state index in [-0.39, 0.29) is 16.9 Å². The molecule has 0 fully saturated rings. The van der Waals surface area contributed by atoms with Crippen LogP contribution < -0.4 is 9.47 Å². The van der Waals surface area contributed by atoms with Crippen molar-refractivity contribution < 1.29 is 28.9 Å². The highest BCUT2D eigenvalue weighted by molar-refractivity contribution is 6.05. The second-order valence-corrected chi connectivity index (χ2v) is 3.46. The maximum absolute atomic E-state index is 11.6.